The Balaban J connectivity index is 2.26. The van der Waals surface area contributed by atoms with Gasteiger partial charge in [0.2, 0.25) is 0 Å². The van der Waals surface area contributed by atoms with E-state index in [1.54, 1.807) is 7.11 Å². The Morgan fingerprint density at radius 2 is 1.94 bits per heavy atom. The molecule has 0 saturated carbocycles. The molecular formula is C16H16O2. The second kappa shape index (κ2) is 4.05. The first-order chi connectivity index (χ1) is 8.69. The van der Waals surface area contributed by atoms with Gasteiger partial charge in [0.1, 0.15) is 18.1 Å². The van der Waals surface area contributed by atoms with Crippen molar-refractivity contribution in [2.45, 2.75) is 20.5 Å². The molecule has 2 aromatic carbocycles. The average Bonchev–Trinajstić information content (AvgIpc) is 2.36. The molecule has 0 aliphatic carbocycles. The lowest BCUT2D eigenvalue weighted by Gasteiger charge is -2.23. The topological polar surface area (TPSA) is 18.5 Å². The third-order valence-electron chi connectivity index (χ3n) is 3.40. The van der Waals surface area contributed by atoms with E-state index in [-0.39, 0.29) is 0 Å². The largest absolute Gasteiger partial charge is 0.497 e. The molecule has 2 heteroatoms. The van der Waals surface area contributed by atoms with Gasteiger partial charge < -0.3 is 9.47 Å². The average molecular weight is 240 g/mol. The van der Waals surface area contributed by atoms with Crippen molar-refractivity contribution >= 4 is 0 Å². The minimum atomic E-state index is 0.650. The van der Waals surface area contributed by atoms with Gasteiger partial charge in [0.25, 0.3) is 0 Å². The molecule has 0 bridgehead atoms. The van der Waals surface area contributed by atoms with Gasteiger partial charge in [-0.2, -0.15) is 0 Å². The van der Waals surface area contributed by atoms with Crippen LogP contribution in [0, 0.1) is 13.8 Å². The summed E-state index contributed by atoms with van der Waals surface area (Å²) in [5.74, 6) is 1.81. The fraction of sp³-hybridized carbons (Fsp3) is 0.250. The van der Waals surface area contributed by atoms with Gasteiger partial charge in [-0.1, -0.05) is 17.7 Å². The Bertz CT molecular complexity index is 615. The maximum absolute atomic E-state index is 5.80. The van der Waals surface area contributed by atoms with Crippen molar-refractivity contribution in [2.24, 2.45) is 0 Å². The van der Waals surface area contributed by atoms with Crippen molar-refractivity contribution in [3.8, 4) is 22.6 Å². The first-order valence-corrected chi connectivity index (χ1v) is 6.10. The lowest BCUT2D eigenvalue weighted by molar-refractivity contribution is 0.301. The number of rotatable bonds is 1. The van der Waals surface area contributed by atoms with E-state index in [0.29, 0.717) is 6.61 Å². The molecule has 1 aliphatic heterocycles. The highest BCUT2D eigenvalue weighted by Gasteiger charge is 2.19. The number of fused-ring (bicyclic) bond motifs is 3. The van der Waals surface area contributed by atoms with Gasteiger partial charge in [-0.3, -0.25) is 0 Å². The van der Waals surface area contributed by atoms with Crippen molar-refractivity contribution in [1.29, 1.82) is 0 Å². The minimum absolute atomic E-state index is 0.650. The summed E-state index contributed by atoms with van der Waals surface area (Å²) in [6.45, 7) is 4.92. The first kappa shape index (κ1) is 11.1. The van der Waals surface area contributed by atoms with Crippen LogP contribution < -0.4 is 9.47 Å². The summed E-state index contributed by atoms with van der Waals surface area (Å²) < 4.78 is 11.1. The first-order valence-electron chi connectivity index (χ1n) is 6.10. The molecule has 0 unspecified atom stereocenters. The molecule has 0 spiro atoms. The van der Waals surface area contributed by atoms with Gasteiger partial charge in [0.05, 0.1) is 7.11 Å². The molecule has 2 nitrogen and oxygen atoms in total. The van der Waals surface area contributed by atoms with Crippen molar-refractivity contribution in [3.63, 3.8) is 0 Å². The molecule has 0 fully saturated rings. The molecule has 0 N–H and O–H groups in total. The lowest BCUT2D eigenvalue weighted by Crippen LogP contribution is -2.07. The van der Waals surface area contributed by atoms with Crippen molar-refractivity contribution in [3.05, 3.63) is 47.0 Å². The molecule has 18 heavy (non-hydrogen) atoms. The SMILES string of the molecule is COc1ccc2c(c1)-c1c(C)cc(C)cc1CO2. The van der Waals surface area contributed by atoms with E-state index in [2.05, 4.69) is 32.0 Å². The smallest absolute Gasteiger partial charge is 0.127 e. The molecule has 0 aromatic heterocycles. The normalized spacial score (nSPS) is 12.4. The summed E-state index contributed by atoms with van der Waals surface area (Å²) in [6, 6.07) is 10.4. The number of benzene rings is 2. The monoisotopic (exact) mass is 240 g/mol. The predicted molar refractivity (Wildman–Crippen MR) is 72.2 cm³/mol. The molecule has 3 rings (SSSR count). The summed E-state index contributed by atoms with van der Waals surface area (Å²) in [4.78, 5) is 0. The summed E-state index contributed by atoms with van der Waals surface area (Å²) in [6.07, 6.45) is 0. The van der Waals surface area contributed by atoms with Crippen molar-refractivity contribution in [2.75, 3.05) is 7.11 Å². The van der Waals surface area contributed by atoms with E-state index in [0.717, 1.165) is 17.1 Å². The molecule has 2 aromatic rings. The Hall–Kier alpha value is -1.96. The standard InChI is InChI=1S/C16H16O2/c1-10-6-11(2)16-12(7-10)9-18-15-5-4-13(17-3)8-14(15)16/h4-8H,9H2,1-3H3. The highest BCUT2D eigenvalue weighted by Crippen LogP contribution is 2.41. The van der Waals surface area contributed by atoms with Crippen LogP contribution in [0.2, 0.25) is 0 Å². The van der Waals surface area contributed by atoms with Crippen molar-refractivity contribution < 1.29 is 9.47 Å². The third-order valence-corrected chi connectivity index (χ3v) is 3.40. The van der Waals surface area contributed by atoms with Crippen LogP contribution in [-0.2, 0) is 6.61 Å². The summed E-state index contributed by atoms with van der Waals surface area (Å²) >= 11 is 0. The van der Waals surface area contributed by atoms with Gasteiger partial charge in [-0.25, -0.2) is 0 Å². The van der Waals surface area contributed by atoms with Crippen LogP contribution in [-0.4, -0.2) is 7.11 Å². The molecular weight excluding hydrogens is 224 g/mol. The molecule has 92 valence electrons. The Morgan fingerprint density at radius 3 is 2.72 bits per heavy atom. The van der Waals surface area contributed by atoms with Crippen LogP contribution in [0.25, 0.3) is 11.1 Å². The third kappa shape index (κ3) is 1.65. The van der Waals surface area contributed by atoms with Gasteiger partial charge in [0.15, 0.2) is 0 Å². The van der Waals surface area contributed by atoms with Gasteiger partial charge >= 0.3 is 0 Å². The van der Waals surface area contributed by atoms with Crippen LogP contribution in [0.4, 0.5) is 0 Å². The quantitative estimate of drug-likeness (QED) is 0.753. The van der Waals surface area contributed by atoms with E-state index >= 15 is 0 Å². The fourth-order valence-corrected chi connectivity index (χ4v) is 2.67. The molecule has 0 amide bonds. The number of aryl methyl sites for hydroxylation is 2. The van der Waals surface area contributed by atoms with Crippen molar-refractivity contribution in [1.82, 2.24) is 0 Å². The zero-order valence-electron chi connectivity index (χ0n) is 10.9. The zero-order valence-corrected chi connectivity index (χ0v) is 10.9. The van der Waals surface area contributed by atoms with E-state index in [1.807, 2.05) is 12.1 Å². The van der Waals surface area contributed by atoms with Gasteiger partial charge in [-0.15, -0.1) is 0 Å². The maximum atomic E-state index is 5.80. The number of hydrogen-bond donors (Lipinski definition) is 0. The lowest BCUT2D eigenvalue weighted by atomic mass is 9.91. The molecule has 1 heterocycles. The minimum Gasteiger partial charge on any atom is -0.497 e. The highest BCUT2D eigenvalue weighted by atomic mass is 16.5. The van der Waals surface area contributed by atoms with Crippen LogP contribution in [0.5, 0.6) is 11.5 Å². The predicted octanol–water partition coefficient (Wildman–Crippen LogP) is 3.87. The van der Waals surface area contributed by atoms with Crippen LogP contribution in [0.1, 0.15) is 16.7 Å². The van der Waals surface area contributed by atoms with Crippen LogP contribution in [0.3, 0.4) is 0 Å². The second-order valence-electron chi connectivity index (χ2n) is 4.77. The van der Waals surface area contributed by atoms with E-state index in [9.17, 15) is 0 Å². The number of methoxy groups -OCH3 is 1. The summed E-state index contributed by atoms with van der Waals surface area (Å²) in [7, 11) is 1.69. The maximum Gasteiger partial charge on any atom is 0.127 e. The Morgan fingerprint density at radius 1 is 1.11 bits per heavy atom. The summed E-state index contributed by atoms with van der Waals surface area (Å²) in [5.41, 5.74) is 6.26. The van der Waals surface area contributed by atoms with E-state index in [1.165, 1.54) is 22.3 Å². The van der Waals surface area contributed by atoms with Gasteiger partial charge in [0, 0.05) is 5.56 Å². The fourth-order valence-electron chi connectivity index (χ4n) is 2.67. The molecule has 0 saturated heterocycles. The van der Waals surface area contributed by atoms with Gasteiger partial charge in [-0.05, 0) is 48.7 Å². The second-order valence-corrected chi connectivity index (χ2v) is 4.77. The van der Waals surface area contributed by atoms with E-state index in [4.69, 9.17) is 9.47 Å². The highest BCUT2D eigenvalue weighted by molar-refractivity contribution is 5.79. The summed E-state index contributed by atoms with van der Waals surface area (Å²) in [5, 5.41) is 0. The number of ether oxygens (including phenoxy) is 2. The molecule has 0 radical (unpaired) electrons. The van der Waals surface area contributed by atoms with E-state index < -0.39 is 0 Å². The Labute approximate surface area is 107 Å². The Kier molecular flexibility index (Phi) is 2.51. The number of hydrogen-bond acceptors (Lipinski definition) is 2. The molecule has 1 aliphatic rings. The van der Waals surface area contributed by atoms with Crippen LogP contribution in [0.15, 0.2) is 30.3 Å². The molecule has 0 atom stereocenters. The van der Waals surface area contributed by atoms with Crippen LogP contribution >= 0.6 is 0 Å². The zero-order chi connectivity index (χ0) is 12.7.